The standard InChI is InChI=1S/C11H18N2O4/c14-7-8(15)6-13-9(16)11(12-10(13)17)4-2-1-3-5-11/h8,14-15H,1-7H2,(H,12,17). The van der Waals surface area contributed by atoms with Gasteiger partial charge in [0.1, 0.15) is 5.54 Å². The third-order valence-electron chi connectivity index (χ3n) is 3.56. The molecule has 6 nitrogen and oxygen atoms in total. The molecule has 17 heavy (non-hydrogen) atoms. The van der Waals surface area contributed by atoms with E-state index in [1.807, 2.05) is 0 Å². The Balaban J connectivity index is 2.10. The summed E-state index contributed by atoms with van der Waals surface area (Å²) in [6, 6.07) is -0.454. The molecule has 1 spiro atoms. The van der Waals surface area contributed by atoms with Gasteiger partial charge in [-0.15, -0.1) is 0 Å². The highest BCUT2D eigenvalue weighted by molar-refractivity contribution is 6.07. The van der Waals surface area contributed by atoms with Gasteiger partial charge in [-0.05, 0) is 12.8 Å². The van der Waals surface area contributed by atoms with Gasteiger partial charge >= 0.3 is 6.03 Å². The number of hydrogen-bond donors (Lipinski definition) is 3. The van der Waals surface area contributed by atoms with Crippen LogP contribution >= 0.6 is 0 Å². The topological polar surface area (TPSA) is 89.9 Å². The molecule has 1 saturated heterocycles. The van der Waals surface area contributed by atoms with Crippen LogP contribution in [0.15, 0.2) is 0 Å². The van der Waals surface area contributed by atoms with Gasteiger partial charge in [-0.1, -0.05) is 19.3 Å². The van der Waals surface area contributed by atoms with E-state index in [0.717, 1.165) is 24.2 Å². The van der Waals surface area contributed by atoms with Crippen molar-refractivity contribution in [3.05, 3.63) is 0 Å². The van der Waals surface area contributed by atoms with E-state index in [-0.39, 0.29) is 12.5 Å². The maximum Gasteiger partial charge on any atom is 0.325 e. The molecule has 0 aromatic rings. The van der Waals surface area contributed by atoms with E-state index in [1.54, 1.807) is 0 Å². The molecule has 3 amide bonds. The molecule has 1 aliphatic carbocycles. The third-order valence-corrected chi connectivity index (χ3v) is 3.56. The van der Waals surface area contributed by atoms with Crippen LogP contribution in [0.2, 0.25) is 0 Å². The van der Waals surface area contributed by atoms with Crippen molar-refractivity contribution in [2.75, 3.05) is 13.2 Å². The molecule has 2 aliphatic rings. The summed E-state index contributed by atoms with van der Waals surface area (Å²) in [6.07, 6.45) is 3.23. The van der Waals surface area contributed by atoms with Gasteiger partial charge in [0.05, 0.1) is 19.3 Å². The maximum absolute atomic E-state index is 12.2. The minimum atomic E-state index is -1.07. The van der Waals surface area contributed by atoms with Crippen LogP contribution in [-0.2, 0) is 4.79 Å². The molecule has 1 saturated carbocycles. The van der Waals surface area contributed by atoms with Gasteiger partial charge in [-0.25, -0.2) is 4.79 Å². The lowest BCUT2D eigenvalue weighted by Crippen LogP contribution is -2.48. The largest absolute Gasteiger partial charge is 0.394 e. The molecule has 0 aromatic heterocycles. The number of amides is 3. The minimum absolute atomic E-state index is 0.136. The zero-order valence-corrected chi connectivity index (χ0v) is 9.69. The number of carbonyl (C=O) groups is 2. The van der Waals surface area contributed by atoms with Crippen molar-refractivity contribution in [2.24, 2.45) is 0 Å². The van der Waals surface area contributed by atoms with Crippen LogP contribution in [-0.4, -0.2) is 51.8 Å². The van der Waals surface area contributed by atoms with Crippen molar-refractivity contribution in [3.8, 4) is 0 Å². The Hall–Kier alpha value is -1.14. The van der Waals surface area contributed by atoms with Gasteiger partial charge in [0.25, 0.3) is 5.91 Å². The monoisotopic (exact) mass is 242 g/mol. The molecule has 0 bridgehead atoms. The molecule has 1 aliphatic heterocycles. The normalized spacial score (nSPS) is 25.2. The SMILES string of the molecule is O=C1NC2(CCCCC2)C(=O)N1CC(O)CO. The molecule has 3 N–H and O–H groups in total. The second-order valence-electron chi connectivity index (χ2n) is 4.83. The van der Waals surface area contributed by atoms with Gasteiger partial charge in [0.15, 0.2) is 0 Å². The van der Waals surface area contributed by atoms with Crippen molar-refractivity contribution in [3.63, 3.8) is 0 Å². The molecular weight excluding hydrogens is 224 g/mol. The van der Waals surface area contributed by atoms with Crippen LogP contribution < -0.4 is 5.32 Å². The lowest BCUT2D eigenvalue weighted by atomic mass is 9.82. The average molecular weight is 242 g/mol. The van der Waals surface area contributed by atoms with Crippen LogP contribution in [0.25, 0.3) is 0 Å². The fourth-order valence-corrected chi connectivity index (χ4v) is 2.60. The number of aliphatic hydroxyl groups excluding tert-OH is 2. The van der Waals surface area contributed by atoms with Crippen LogP contribution in [0, 0.1) is 0 Å². The Kier molecular flexibility index (Phi) is 3.35. The smallest absolute Gasteiger partial charge is 0.325 e. The first kappa shape index (κ1) is 12.3. The Bertz CT molecular complexity index is 325. The second kappa shape index (κ2) is 4.62. The van der Waals surface area contributed by atoms with Gasteiger partial charge < -0.3 is 15.5 Å². The Morgan fingerprint density at radius 3 is 2.53 bits per heavy atom. The van der Waals surface area contributed by atoms with Crippen LogP contribution in [0.4, 0.5) is 4.79 Å². The summed E-state index contributed by atoms with van der Waals surface area (Å²) in [7, 11) is 0. The number of nitrogens with one attached hydrogen (secondary N) is 1. The number of hydrogen-bond acceptors (Lipinski definition) is 4. The molecule has 0 radical (unpaired) electrons. The van der Waals surface area contributed by atoms with E-state index >= 15 is 0 Å². The molecule has 6 heteroatoms. The Morgan fingerprint density at radius 1 is 1.29 bits per heavy atom. The van der Waals surface area contributed by atoms with Crippen molar-refractivity contribution in [2.45, 2.75) is 43.7 Å². The van der Waals surface area contributed by atoms with Gasteiger partial charge in [0, 0.05) is 0 Å². The number of imide groups is 1. The van der Waals surface area contributed by atoms with Gasteiger partial charge in [0.2, 0.25) is 0 Å². The van der Waals surface area contributed by atoms with Crippen molar-refractivity contribution >= 4 is 11.9 Å². The van der Waals surface area contributed by atoms with Crippen LogP contribution in [0.1, 0.15) is 32.1 Å². The van der Waals surface area contributed by atoms with Gasteiger partial charge in [-0.3, -0.25) is 9.69 Å². The van der Waals surface area contributed by atoms with Crippen molar-refractivity contribution in [1.29, 1.82) is 0 Å². The van der Waals surface area contributed by atoms with E-state index in [2.05, 4.69) is 5.32 Å². The molecular formula is C11H18N2O4. The first-order valence-electron chi connectivity index (χ1n) is 6.02. The highest BCUT2D eigenvalue weighted by Gasteiger charge is 2.51. The number of urea groups is 1. The van der Waals surface area contributed by atoms with Crippen LogP contribution in [0.5, 0.6) is 0 Å². The van der Waals surface area contributed by atoms with E-state index < -0.39 is 24.3 Å². The highest BCUT2D eigenvalue weighted by atomic mass is 16.3. The predicted molar refractivity (Wildman–Crippen MR) is 59.2 cm³/mol. The number of β-amino-alcohol motifs (C(OH)–C–C–N with tert-alkyl or cyclic N) is 1. The zero-order chi connectivity index (χ0) is 12.5. The summed E-state index contributed by atoms with van der Waals surface area (Å²) >= 11 is 0. The molecule has 1 unspecified atom stereocenters. The summed E-state index contributed by atoms with van der Waals surface area (Å²) in [6.45, 7) is -0.590. The summed E-state index contributed by atoms with van der Waals surface area (Å²) in [5.41, 5.74) is -0.746. The average Bonchev–Trinajstić information content (AvgIpc) is 2.55. The fourth-order valence-electron chi connectivity index (χ4n) is 2.60. The number of rotatable bonds is 3. The molecule has 1 atom stereocenters. The number of carbonyl (C=O) groups excluding carboxylic acids is 2. The number of nitrogens with zero attached hydrogens (tertiary/aromatic N) is 1. The van der Waals surface area contributed by atoms with E-state index in [4.69, 9.17) is 5.11 Å². The minimum Gasteiger partial charge on any atom is -0.394 e. The predicted octanol–water partition coefficient (Wildman–Crippen LogP) is -0.406. The van der Waals surface area contributed by atoms with Crippen molar-refractivity contribution in [1.82, 2.24) is 10.2 Å². The third kappa shape index (κ3) is 2.14. The molecule has 2 rings (SSSR count). The molecule has 2 fully saturated rings. The Morgan fingerprint density at radius 2 is 1.94 bits per heavy atom. The lowest BCUT2D eigenvalue weighted by Gasteiger charge is -2.30. The molecule has 0 aromatic carbocycles. The van der Waals surface area contributed by atoms with E-state index in [0.29, 0.717) is 12.8 Å². The molecule has 1 heterocycles. The summed E-state index contributed by atoms with van der Waals surface area (Å²) in [4.78, 5) is 24.9. The summed E-state index contributed by atoms with van der Waals surface area (Å²) in [5, 5.41) is 20.8. The second-order valence-corrected chi connectivity index (χ2v) is 4.83. The van der Waals surface area contributed by atoms with Gasteiger partial charge in [-0.2, -0.15) is 0 Å². The zero-order valence-electron chi connectivity index (χ0n) is 9.69. The quantitative estimate of drug-likeness (QED) is 0.587. The fraction of sp³-hybridized carbons (Fsp3) is 0.818. The number of aliphatic hydroxyl groups is 2. The Labute approximate surface area is 99.6 Å². The van der Waals surface area contributed by atoms with Crippen molar-refractivity contribution < 1.29 is 19.8 Å². The van der Waals surface area contributed by atoms with E-state index in [1.165, 1.54) is 0 Å². The maximum atomic E-state index is 12.2. The first-order chi connectivity index (χ1) is 8.09. The summed E-state index contributed by atoms with van der Waals surface area (Å²) in [5.74, 6) is -0.255. The van der Waals surface area contributed by atoms with Crippen LogP contribution in [0.3, 0.4) is 0 Å². The lowest BCUT2D eigenvalue weighted by molar-refractivity contribution is -0.133. The highest BCUT2D eigenvalue weighted by Crippen LogP contribution is 2.33. The first-order valence-corrected chi connectivity index (χ1v) is 6.02. The summed E-state index contributed by atoms with van der Waals surface area (Å²) < 4.78 is 0. The van der Waals surface area contributed by atoms with E-state index in [9.17, 15) is 14.7 Å². The molecule has 96 valence electrons.